The van der Waals surface area contributed by atoms with Crippen LogP contribution in [0.25, 0.3) is 10.9 Å². The highest BCUT2D eigenvalue weighted by Gasteiger charge is 2.31. The summed E-state index contributed by atoms with van der Waals surface area (Å²) >= 11 is 0. The minimum atomic E-state index is -4.52. The van der Waals surface area contributed by atoms with Crippen LogP contribution in [0.3, 0.4) is 0 Å². The second-order valence-electron chi connectivity index (χ2n) is 6.37. The Morgan fingerprint density at radius 2 is 1.89 bits per heavy atom. The number of oxime groups is 1. The van der Waals surface area contributed by atoms with E-state index >= 15 is 0 Å². The van der Waals surface area contributed by atoms with Crippen molar-refractivity contribution in [2.75, 3.05) is 0 Å². The molecule has 3 aromatic rings. The van der Waals surface area contributed by atoms with Gasteiger partial charge in [-0.1, -0.05) is 29.4 Å². The van der Waals surface area contributed by atoms with Gasteiger partial charge in [0.15, 0.2) is 0 Å². The molecule has 1 N–H and O–H groups in total. The third-order valence-corrected chi connectivity index (χ3v) is 4.58. The normalized spacial score (nSPS) is 15.7. The lowest BCUT2D eigenvalue weighted by Gasteiger charge is -2.13. The van der Waals surface area contributed by atoms with E-state index in [0.29, 0.717) is 12.1 Å². The molecule has 0 aliphatic heterocycles. The van der Waals surface area contributed by atoms with Crippen LogP contribution in [-0.4, -0.2) is 16.7 Å². The van der Waals surface area contributed by atoms with Crippen LogP contribution in [0.15, 0.2) is 53.7 Å². The molecule has 1 aliphatic rings. The number of benzene rings is 2. The van der Waals surface area contributed by atoms with Crippen molar-refractivity contribution in [2.24, 2.45) is 5.16 Å². The van der Waals surface area contributed by atoms with Crippen LogP contribution in [0.2, 0.25) is 0 Å². The van der Waals surface area contributed by atoms with Gasteiger partial charge in [-0.3, -0.25) is 0 Å². The quantitative estimate of drug-likeness (QED) is 0.504. The number of H-pyrrole nitrogens is 1. The summed E-state index contributed by atoms with van der Waals surface area (Å²) in [5, 5.41) is 4.97. The second kappa shape index (κ2) is 6.57. The number of carbonyl (C=O) groups excluding carboxylic acids is 1. The van der Waals surface area contributed by atoms with Crippen LogP contribution >= 0.6 is 0 Å². The minimum absolute atomic E-state index is 0.191. The van der Waals surface area contributed by atoms with Gasteiger partial charge in [-0.15, -0.1) is 0 Å². The second-order valence-corrected chi connectivity index (χ2v) is 6.37. The van der Waals surface area contributed by atoms with E-state index in [0.717, 1.165) is 47.1 Å². The Kier molecular flexibility index (Phi) is 4.22. The SMILES string of the molecule is O=C(O/N=C1\CCCc2[nH]c3ccccc3c21)c1cccc(C(F)(F)F)c1. The number of hydrogen-bond donors (Lipinski definition) is 1. The molecule has 27 heavy (non-hydrogen) atoms. The van der Waals surface area contributed by atoms with Gasteiger partial charge in [-0.2, -0.15) is 13.2 Å². The highest BCUT2D eigenvalue weighted by Crippen LogP contribution is 2.31. The summed E-state index contributed by atoms with van der Waals surface area (Å²) in [5.41, 5.74) is 2.44. The molecule has 138 valence electrons. The van der Waals surface area contributed by atoms with Gasteiger partial charge in [0.2, 0.25) is 0 Å². The maximum absolute atomic E-state index is 12.8. The zero-order valence-electron chi connectivity index (χ0n) is 14.1. The smallest absolute Gasteiger partial charge is 0.358 e. The average molecular weight is 372 g/mol. The molecule has 0 atom stereocenters. The van der Waals surface area contributed by atoms with Gasteiger partial charge >= 0.3 is 12.1 Å². The molecule has 4 nitrogen and oxygen atoms in total. The summed E-state index contributed by atoms with van der Waals surface area (Å²) in [6, 6.07) is 11.9. The van der Waals surface area contributed by atoms with Crippen LogP contribution in [0.1, 0.15) is 40.0 Å². The molecule has 0 fully saturated rings. The van der Waals surface area contributed by atoms with Gasteiger partial charge in [0.05, 0.1) is 16.8 Å². The number of alkyl halides is 3. The Labute approximate surface area is 152 Å². The fraction of sp³-hybridized carbons (Fsp3) is 0.200. The first kappa shape index (κ1) is 17.3. The number of hydrogen-bond acceptors (Lipinski definition) is 3. The highest BCUT2D eigenvalue weighted by molar-refractivity contribution is 6.12. The summed E-state index contributed by atoms with van der Waals surface area (Å²) in [7, 11) is 0. The van der Waals surface area contributed by atoms with E-state index < -0.39 is 17.7 Å². The maximum atomic E-state index is 12.8. The highest BCUT2D eigenvalue weighted by atomic mass is 19.4. The molecular weight excluding hydrogens is 357 g/mol. The van der Waals surface area contributed by atoms with Gasteiger partial charge in [-0.05, 0) is 43.5 Å². The third kappa shape index (κ3) is 3.32. The van der Waals surface area contributed by atoms with Crippen molar-refractivity contribution in [3.63, 3.8) is 0 Å². The molecule has 4 rings (SSSR count). The van der Waals surface area contributed by atoms with Crippen LogP contribution in [0, 0.1) is 0 Å². The van der Waals surface area contributed by atoms with Crippen molar-refractivity contribution < 1.29 is 22.8 Å². The number of para-hydroxylation sites is 1. The Morgan fingerprint density at radius 1 is 1.07 bits per heavy atom. The van der Waals surface area contributed by atoms with E-state index in [1.165, 1.54) is 12.1 Å². The third-order valence-electron chi connectivity index (χ3n) is 4.58. The molecule has 0 amide bonds. The van der Waals surface area contributed by atoms with Crippen molar-refractivity contribution >= 4 is 22.6 Å². The molecule has 0 saturated carbocycles. The number of aromatic nitrogens is 1. The first-order chi connectivity index (χ1) is 12.9. The fourth-order valence-electron chi connectivity index (χ4n) is 3.34. The molecule has 0 unspecified atom stereocenters. The first-order valence-electron chi connectivity index (χ1n) is 8.49. The standard InChI is InChI=1S/C20H15F3N2O2/c21-20(22,23)13-6-3-5-12(11-13)19(26)27-25-17-10-4-9-16-18(17)14-7-1-2-8-15(14)24-16/h1-3,5-8,11,24H,4,9-10H2/b25-17+. The molecule has 0 radical (unpaired) electrons. The van der Waals surface area contributed by atoms with Crippen LogP contribution in [0.5, 0.6) is 0 Å². The predicted molar refractivity (Wildman–Crippen MR) is 94.6 cm³/mol. The van der Waals surface area contributed by atoms with E-state index in [9.17, 15) is 18.0 Å². The number of rotatable bonds is 2. The van der Waals surface area contributed by atoms with E-state index in [4.69, 9.17) is 4.84 Å². The Bertz CT molecular complexity index is 1050. The van der Waals surface area contributed by atoms with Crippen molar-refractivity contribution in [1.82, 2.24) is 4.98 Å². The number of aryl methyl sites for hydroxylation is 1. The van der Waals surface area contributed by atoms with Crippen LogP contribution in [0.4, 0.5) is 13.2 Å². The van der Waals surface area contributed by atoms with E-state index in [-0.39, 0.29) is 5.56 Å². The lowest BCUT2D eigenvalue weighted by atomic mass is 9.94. The number of nitrogens with zero attached hydrogens (tertiary/aromatic N) is 1. The molecular formula is C20H15F3N2O2. The number of carbonyl (C=O) groups is 1. The Balaban J connectivity index is 1.62. The molecule has 1 heterocycles. The van der Waals surface area contributed by atoms with Gasteiger partial charge in [0.25, 0.3) is 0 Å². The number of fused-ring (bicyclic) bond motifs is 3. The molecule has 0 spiro atoms. The summed E-state index contributed by atoms with van der Waals surface area (Å²) in [4.78, 5) is 20.5. The number of halogens is 3. The Hall–Kier alpha value is -3.09. The topological polar surface area (TPSA) is 54.4 Å². The van der Waals surface area contributed by atoms with Crippen molar-refractivity contribution in [1.29, 1.82) is 0 Å². The monoisotopic (exact) mass is 372 g/mol. The first-order valence-corrected chi connectivity index (χ1v) is 8.49. The summed E-state index contributed by atoms with van der Waals surface area (Å²) < 4.78 is 38.4. The van der Waals surface area contributed by atoms with E-state index in [1.807, 2.05) is 24.3 Å². The van der Waals surface area contributed by atoms with Gasteiger partial charge in [-0.25, -0.2) is 4.79 Å². The molecule has 0 saturated heterocycles. The van der Waals surface area contributed by atoms with Gasteiger partial charge in [0.1, 0.15) is 0 Å². The zero-order chi connectivity index (χ0) is 19.0. The summed E-state index contributed by atoms with van der Waals surface area (Å²) in [6.45, 7) is 0. The largest absolute Gasteiger partial charge is 0.416 e. The average Bonchev–Trinajstić information content (AvgIpc) is 3.04. The zero-order valence-corrected chi connectivity index (χ0v) is 14.1. The fourth-order valence-corrected chi connectivity index (χ4v) is 3.34. The molecule has 7 heteroatoms. The lowest BCUT2D eigenvalue weighted by molar-refractivity contribution is -0.137. The molecule has 1 aliphatic carbocycles. The van der Waals surface area contributed by atoms with Gasteiger partial charge in [0, 0.05) is 22.2 Å². The van der Waals surface area contributed by atoms with Crippen molar-refractivity contribution in [3.05, 3.63) is 70.9 Å². The lowest BCUT2D eigenvalue weighted by Crippen LogP contribution is -2.13. The summed E-state index contributed by atoms with van der Waals surface area (Å²) in [5.74, 6) is -0.916. The predicted octanol–water partition coefficient (Wildman–Crippen LogP) is 5.08. The minimum Gasteiger partial charge on any atom is -0.358 e. The van der Waals surface area contributed by atoms with Gasteiger partial charge < -0.3 is 9.82 Å². The maximum Gasteiger partial charge on any atom is 0.416 e. The van der Waals surface area contributed by atoms with E-state index in [1.54, 1.807) is 0 Å². The number of aromatic amines is 1. The van der Waals surface area contributed by atoms with Crippen molar-refractivity contribution in [3.8, 4) is 0 Å². The Morgan fingerprint density at radius 3 is 2.70 bits per heavy atom. The van der Waals surface area contributed by atoms with E-state index in [2.05, 4.69) is 10.1 Å². The molecule has 1 aromatic heterocycles. The molecule has 2 aromatic carbocycles. The van der Waals surface area contributed by atoms with Crippen LogP contribution < -0.4 is 0 Å². The van der Waals surface area contributed by atoms with Crippen LogP contribution in [-0.2, 0) is 17.4 Å². The number of nitrogens with one attached hydrogen (secondary N) is 1. The molecule has 0 bridgehead atoms. The summed E-state index contributed by atoms with van der Waals surface area (Å²) in [6.07, 6.45) is -2.18. The van der Waals surface area contributed by atoms with Crippen molar-refractivity contribution in [2.45, 2.75) is 25.4 Å².